The third-order valence-electron chi connectivity index (χ3n) is 5.84. The summed E-state index contributed by atoms with van der Waals surface area (Å²) in [6.45, 7) is 7.00. The van der Waals surface area contributed by atoms with E-state index >= 15 is 0 Å². The summed E-state index contributed by atoms with van der Waals surface area (Å²) >= 11 is 0. The maximum atomic E-state index is 13.2. The second kappa shape index (κ2) is 12.0. The summed E-state index contributed by atoms with van der Waals surface area (Å²) in [5.74, 6) is 0.766. The fraction of sp³-hybridized carbons (Fsp3) is 0.435. The molecule has 0 aliphatic carbocycles. The molecule has 1 heterocycles. The normalized spacial score (nSPS) is 16.9. The van der Waals surface area contributed by atoms with E-state index in [1.54, 1.807) is 22.5 Å². The molecular formula is C23H34IN5O2S. The molecule has 0 saturated carbocycles. The van der Waals surface area contributed by atoms with E-state index in [2.05, 4.69) is 41.2 Å². The molecule has 1 atom stereocenters. The van der Waals surface area contributed by atoms with Crippen molar-refractivity contribution in [1.82, 2.24) is 9.21 Å². The molecule has 3 rings (SSSR count). The van der Waals surface area contributed by atoms with Crippen molar-refractivity contribution in [3.63, 3.8) is 0 Å². The van der Waals surface area contributed by atoms with E-state index in [1.165, 1.54) is 5.56 Å². The number of hydrogen-bond donors (Lipinski definition) is 2. The predicted octanol–water partition coefficient (Wildman–Crippen LogP) is 3.68. The van der Waals surface area contributed by atoms with E-state index in [1.807, 2.05) is 25.2 Å². The van der Waals surface area contributed by atoms with Gasteiger partial charge in [0, 0.05) is 31.9 Å². The zero-order valence-electron chi connectivity index (χ0n) is 19.0. The zero-order valence-corrected chi connectivity index (χ0v) is 22.1. The van der Waals surface area contributed by atoms with Gasteiger partial charge in [-0.15, -0.1) is 24.0 Å². The van der Waals surface area contributed by atoms with Gasteiger partial charge in [0.1, 0.15) is 0 Å². The molecule has 9 heteroatoms. The van der Waals surface area contributed by atoms with Gasteiger partial charge >= 0.3 is 0 Å². The molecule has 3 N–H and O–H groups in total. The van der Waals surface area contributed by atoms with Crippen LogP contribution in [0.2, 0.25) is 0 Å². The van der Waals surface area contributed by atoms with E-state index in [-0.39, 0.29) is 36.5 Å². The number of benzene rings is 2. The molecule has 176 valence electrons. The number of nitrogens with one attached hydrogen (secondary N) is 1. The minimum Gasteiger partial charge on any atom is -0.370 e. The fourth-order valence-electron chi connectivity index (χ4n) is 3.54. The monoisotopic (exact) mass is 571 g/mol. The van der Waals surface area contributed by atoms with Gasteiger partial charge in [-0.05, 0) is 48.7 Å². The quantitative estimate of drug-likeness (QED) is 0.301. The van der Waals surface area contributed by atoms with Gasteiger partial charge in [0.25, 0.3) is 0 Å². The molecule has 2 aromatic rings. The lowest BCUT2D eigenvalue weighted by atomic mass is 9.99. The number of rotatable bonds is 7. The SMILES string of the molecule is CCC(C)c1ccc(NC(N)=NCc2ccccc2S(=O)(=O)N2CCN(C)CC2)cc1.I. The molecule has 1 unspecified atom stereocenters. The maximum absolute atomic E-state index is 13.2. The fourth-order valence-corrected chi connectivity index (χ4v) is 5.18. The molecule has 7 nitrogen and oxygen atoms in total. The van der Waals surface area contributed by atoms with E-state index < -0.39 is 10.0 Å². The van der Waals surface area contributed by atoms with Crippen molar-refractivity contribution >= 4 is 45.6 Å². The summed E-state index contributed by atoms with van der Waals surface area (Å²) < 4.78 is 27.9. The largest absolute Gasteiger partial charge is 0.370 e. The van der Waals surface area contributed by atoms with Gasteiger partial charge in [0.05, 0.1) is 11.4 Å². The third kappa shape index (κ3) is 6.66. The average Bonchev–Trinajstić information content (AvgIpc) is 2.78. The highest BCUT2D eigenvalue weighted by Crippen LogP contribution is 2.23. The van der Waals surface area contributed by atoms with Crippen LogP contribution in [0.15, 0.2) is 58.4 Å². The molecule has 32 heavy (non-hydrogen) atoms. The Morgan fingerprint density at radius 1 is 1.09 bits per heavy atom. The summed E-state index contributed by atoms with van der Waals surface area (Å²) in [5.41, 5.74) is 8.84. The van der Waals surface area contributed by atoms with E-state index in [0.717, 1.165) is 25.2 Å². The first-order valence-electron chi connectivity index (χ1n) is 10.7. The van der Waals surface area contributed by atoms with Crippen LogP contribution < -0.4 is 11.1 Å². The lowest BCUT2D eigenvalue weighted by molar-refractivity contribution is 0.222. The van der Waals surface area contributed by atoms with Gasteiger partial charge in [-0.25, -0.2) is 13.4 Å². The molecule has 2 aromatic carbocycles. The van der Waals surface area contributed by atoms with E-state index in [0.29, 0.717) is 29.5 Å². The number of nitrogens with zero attached hydrogens (tertiary/aromatic N) is 3. The van der Waals surface area contributed by atoms with Crippen molar-refractivity contribution in [3.05, 3.63) is 59.7 Å². The van der Waals surface area contributed by atoms with Crippen molar-refractivity contribution in [3.8, 4) is 0 Å². The zero-order chi connectivity index (χ0) is 22.4. The maximum Gasteiger partial charge on any atom is 0.243 e. The van der Waals surface area contributed by atoms with Gasteiger partial charge in [-0.1, -0.05) is 44.2 Å². The summed E-state index contributed by atoms with van der Waals surface area (Å²) in [6, 6.07) is 15.1. The van der Waals surface area contributed by atoms with Crippen molar-refractivity contribution in [1.29, 1.82) is 0 Å². The minimum absolute atomic E-state index is 0. The van der Waals surface area contributed by atoms with Gasteiger partial charge < -0.3 is 16.0 Å². The van der Waals surface area contributed by atoms with Crippen molar-refractivity contribution in [2.45, 2.75) is 37.6 Å². The highest BCUT2D eigenvalue weighted by atomic mass is 127. The molecule has 1 saturated heterocycles. The molecule has 0 bridgehead atoms. The average molecular weight is 572 g/mol. The van der Waals surface area contributed by atoms with Crippen LogP contribution in [0.3, 0.4) is 0 Å². The van der Waals surface area contributed by atoms with Crippen LogP contribution in [0.4, 0.5) is 5.69 Å². The van der Waals surface area contributed by atoms with Crippen LogP contribution >= 0.6 is 24.0 Å². The smallest absolute Gasteiger partial charge is 0.243 e. The number of nitrogens with two attached hydrogens (primary N) is 1. The number of halogens is 1. The summed E-state index contributed by atoms with van der Waals surface area (Å²) in [4.78, 5) is 6.82. The molecule has 0 amide bonds. The van der Waals surface area contributed by atoms with Crippen molar-refractivity contribution in [2.75, 3.05) is 38.5 Å². The first-order chi connectivity index (χ1) is 14.8. The number of anilines is 1. The van der Waals surface area contributed by atoms with Crippen molar-refractivity contribution < 1.29 is 8.42 Å². The van der Waals surface area contributed by atoms with E-state index in [9.17, 15) is 8.42 Å². The lowest BCUT2D eigenvalue weighted by Crippen LogP contribution is -2.47. The van der Waals surface area contributed by atoms with Crippen LogP contribution in [0.1, 0.15) is 37.3 Å². The van der Waals surface area contributed by atoms with Gasteiger partial charge in [-0.2, -0.15) is 4.31 Å². The predicted molar refractivity (Wildman–Crippen MR) is 142 cm³/mol. The van der Waals surface area contributed by atoms with Crippen LogP contribution in [-0.4, -0.2) is 56.8 Å². The Bertz CT molecular complexity index is 1000. The number of piperazine rings is 1. The Kier molecular flexibility index (Phi) is 9.93. The van der Waals surface area contributed by atoms with Crippen LogP contribution in [0.5, 0.6) is 0 Å². The Balaban J connectivity index is 0.00000363. The second-order valence-corrected chi connectivity index (χ2v) is 9.98. The molecular weight excluding hydrogens is 537 g/mol. The number of guanidine groups is 1. The number of sulfonamides is 1. The van der Waals surface area contributed by atoms with Gasteiger partial charge in [-0.3, -0.25) is 0 Å². The topological polar surface area (TPSA) is 91.0 Å². The third-order valence-corrected chi connectivity index (χ3v) is 7.84. The second-order valence-electron chi connectivity index (χ2n) is 8.07. The molecule has 1 aliphatic rings. The van der Waals surface area contributed by atoms with Crippen molar-refractivity contribution in [2.24, 2.45) is 10.7 Å². The molecule has 0 radical (unpaired) electrons. The standard InChI is InChI=1S/C23H33N5O2S.HI/c1-4-18(2)19-9-11-21(12-10-19)26-23(24)25-17-20-7-5-6-8-22(20)31(29,30)28-15-13-27(3)14-16-28;/h5-12,18H,4,13-17H2,1-3H3,(H3,24,25,26);1H. The first-order valence-corrected chi connectivity index (χ1v) is 12.2. The van der Waals surface area contributed by atoms with Crippen LogP contribution in [0.25, 0.3) is 0 Å². The minimum atomic E-state index is -3.56. The molecule has 1 aliphatic heterocycles. The Hall–Kier alpha value is -1.69. The Morgan fingerprint density at radius 2 is 1.72 bits per heavy atom. The summed E-state index contributed by atoms with van der Waals surface area (Å²) in [6.07, 6.45) is 1.09. The Labute approximate surface area is 209 Å². The number of aliphatic imine (C=N–C) groups is 1. The molecule has 0 aromatic heterocycles. The molecule has 1 fully saturated rings. The summed E-state index contributed by atoms with van der Waals surface area (Å²) in [5, 5.41) is 3.09. The lowest BCUT2D eigenvalue weighted by Gasteiger charge is -2.32. The van der Waals surface area contributed by atoms with E-state index in [4.69, 9.17) is 5.73 Å². The van der Waals surface area contributed by atoms with Gasteiger partial charge in [0.15, 0.2) is 5.96 Å². The molecule has 0 spiro atoms. The highest BCUT2D eigenvalue weighted by molar-refractivity contribution is 14.0. The summed E-state index contributed by atoms with van der Waals surface area (Å²) in [7, 11) is -1.56. The Morgan fingerprint density at radius 3 is 2.34 bits per heavy atom. The number of hydrogen-bond acceptors (Lipinski definition) is 4. The van der Waals surface area contributed by atoms with Crippen LogP contribution in [-0.2, 0) is 16.6 Å². The van der Waals surface area contributed by atoms with Gasteiger partial charge in [0.2, 0.25) is 10.0 Å². The number of likely N-dealkylation sites (N-methyl/N-ethyl adjacent to an activating group) is 1. The highest BCUT2D eigenvalue weighted by Gasteiger charge is 2.29. The van der Waals surface area contributed by atoms with Crippen LogP contribution in [0, 0.1) is 0 Å². The first kappa shape index (κ1) is 26.6.